The van der Waals surface area contributed by atoms with Crippen LogP contribution in [-0.2, 0) is 11.2 Å². The van der Waals surface area contributed by atoms with Crippen molar-refractivity contribution in [3.05, 3.63) is 52.3 Å². The first-order valence-electron chi connectivity index (χ1n) is 9.53. The number of ether oxygens (including phenoxy) is 1. The first-order chi connectivity index (χ1) is 13.1. The number of morpholine rings is 1. The number of H-pyrrole nitrogens is 1. The smallest absolute Gasteiger partial charge is 0.254 e. The van der Waals surface area contributed by atoms with Crippen LogP contribution in [0.3, 0.4) is 0 Å². The summed E-state index contributed by atoms with van der Waals surface area (Å²) < 4.78 is 20.2. The molecule has 3 heterocycles. The van der Waals surface area contributed by atoms with Crippen molar-refractivity contribution in [1.29, 1.82) is 0 Å². The minimum Gasteiger partial charge on any atom is -0.375 e. The van der Waals surface area contributed by atoms with Crippen LogP contribution < -0.4 is 15.4 Å². The van der Waals surface area contributed by atoms with Crippen molar-refractivity contribution in [1.82, 2.24) is 9.97 Å². The fourth-order valence-electron chi connectivity index (χ4n) is 3.93. The molecule has 7 heteroatoms. The zero-order valence-corrected chi connectivity index (χ0v) is 15.5. The minimum atomic E-state index is -0.942. The number of anilines is 2. The number of nitrogens with zero attached hydrogens (tertiary/aromatic N) is 3. The monoisotopic (exact) mass is 372 g/mol. The van der Waals surface area contributed by atoms with Crippen LogP contribution in [-0.4, -0.2) is 54.5 Å². The van der Waals surface area contributed by atoms with Crippen LogP contribution in [0.5, 0.6) is 0 Å². The lowest BCUT2D eigenvalue weighted by Crippen LogP contribution is -2.43. The molecule has 0 radical (unpaired) electrons. The molecule has 2 aromatic rings. The second-order valence-electron chi connectivity index (χ2n) is 7.31. The predicted octanol–water partition coefficient (Wildman–Crippen LogP) is 2.15. The summed E-state index contributed by atoms with van der Waals surface area (Å²) >= 11 is 0. The first-order valence-corrected chi connectivity index (χ1v) is 9.53. The molecule has 1 aromatic carbocycles. The van der Waals surface area contributed by atoms with E-state index in [4.69, 9.17) is 4.74 Å². The van der Waals surface area contributed by atoms with Crippen molar-refractivity contribution in [3.63, 3.8) is 0 Å². The molecule has 0 aliphatic carbocycles. The van der Waals surface area contributed by atoms with Crippen molar-refractivity contribution in [2.45, 2.75) is 38.1 Å². The van der Waals surface area contributed by atoms with Crippen LogP contribution in [0.2, 0.25) is 0 Å². The predicted molar refractivity (Wildman–Crippen MR) is 103 cm³/mol. The SMILES string of the molecule is CC1CN(c2cc(=O)[nH]c(N3CC[C@@H](F)[C@@H]3Cc3ccccc3)n2)CCO1. The van der Waals surface area contributed by atoms with Crippen LogP contribution in [0.25, 0.3) is 0 Å². The highest BCUT2D eigenvalue weighted by molar-refractivity contribution is 5.46. The number of alkyl halides is 1. The third-order valence-electron chi connectivity index (χ3n) is 5.30. The van der Waals surface area contributed by atoms with Crippen LogP contribution in [0.15, 0.2) is 41.2 Å². The van der Waals surface area contributed by atoms with Gasteiger partial charge in [-0.05, 0) is 25.3 Å². The molecule has 1 aromatic heterocycles. The molecule has 2 aliphatic rings. The van der Waals surface area contributed by atoms with E-state index in [2.05, 4.69) is 14.9 Å². The fourth-order valence-corrected chi connectivity index (χ4v) is 3.93. The Hall–Kier alpha value is -2.41. The van der Waals surface area contributed by atoms with Gasteiger partial charge in [0.2, 0.25) is 5.95 Å². The molecule has 0 amide bonds. The van der Waals surface area contributed by atoms with Crippen molar-refractivity contribution in [2.24, 2.45) is 0 Å². The van der Waals surface area contributed by atoms with E-state index < -0.39 is 6.17 Å². The van der Waals surface area contributed by atoms with E-state index >= 15 is 0 Å². The van der Waals surface area contributed by atoms with E-state index in [0.717, 1.165) is 5.56 Å². The van der Waals surface area contributed by atoms with E-state index in [9.17, 15) is 9.18 Å². The van der Waals surface area contributed by atoms with E-state index in [1.165, 1.54) is 6.07 Å². The average molecular weight is 372 g/mol. The lowest BCUT2D eigenvalue weighted by Gasteiger charge is -2.33. The fraction of sp³-hybridized carbons (Fsp3) is 0.500. The molecular formula is C20H25FN4O2. The van der Waals surface area contributed by atoms with Gasteiger partial charge < -0.3 is 14.5 Å². The van der Waals surface area contributed by atoms with Gasteiger partial charge in [-0.15, -0.1) is 0 Å². The van der Waals surface area contributed by atoms with Crippen molar-refractivity contribution < 1.29 is 9.13 Å². The van der Waals surface area contributed by atoms with Gasteiger partial charge in [0.1, 0.15) is 12.0 Å². The van der Waals surface area contributed by atoms with Crippen molar-refractivity contribution in [2.75, 3.05) is 36.0 Å². The zero-order valence-electron chi connectivity index (χ0n) is 15.5. The number of hydrogen-bond donors (Lipinski definition) is 1. The van der Waals surface area contributed by atoms with E-state index in [1.807, 2.05) is 42.2 Å². The second kappa shape index (κ2) is 7.68. The summed E-state index contributed by atoms with van der Waals surface area (Å²) in [4.78, 5) is 23.7. The summed E-state index contributed by atoms with van der Waals surface area (Å²) in [6, 6.07) is 11.1. The van der Waals surface area contributed by atoms with Crippen molar-refractivity contribution >= 4 is 11.8 Å². The van der Waals surface area contributed by atoms with Crippen LogP contribution in [0, 0.1) is 0 Å². The summed E-state index contributed by atoms with van der Waals surface area (Å²) in [5.74, 6) is 1.09. The Labute approximate surface area is 158 Å². The standard InChI is InChI=1S/C20H25FN4O2/c1-14-13-24(9-10-27-14)18-12-19(26)23-20(22-18)25-8-7-16(21)17(25)11-15-5-3-2-4-6-15/h2-6,12,14,16-17H,7-11,13H2,1H3,(H,22,23,26)/t14?,16-,17+/m1/s1. The number of halogens is 1. The van der Waals surface area contributed by atoms with Crippen LogP contribution >= 0.6 is 0 Å². The number of nitrogens with one attached hydrogen (secondary N) is 1. The van der Waals surface area contributed by atoms with E-state index in [-0.39, 0.29) is 17.7 Å². The molecule has 3 atom stereocenters. The highest BCUT2D eigenvalue weighted by atomic mass is 19.1. The highest BCUT2D eigenvalue weighted by Gasteiger charge is 2.36. The van der Waals surface area contributed by atoms with Gasteiger partial charge in [-0.1, -0.05) is 30.3 Å². The van der Waals surface area contributed by atoms with E-state index in [0.29, 0.717) is 50.8 Å². The quantitative estimate of drug-likeness (QED) is 0.891. The number of hydrogen-bond acceptors (Lipinski definition) is 5. The van der Waals surface area contributed by atoms with Crippen LogP contribution in [0.1, 0.15) is 18.9 Å². The molecule has 4 rings (SSSR count). The molecule has 144 valence electrons. The Balaban J connectivity index is 1.60. The van der Waals surface area contributed by atoms with Gasteiger partial charge in [-0.2, -0.15) is 4.98 Å². The molecule has 2 fully saturated rings. The first kappa shape index (κ1) is 18.0. The summed E-state index contributed by atoms with van der Waals surface area (Å²) in [5, 5.41) is 0. The van der Waals surface area contributed by atoms with Crippen molar-refractivity contribution in [3.8, 4) is 0 Å². The Kier molecular flexibility index (Phi) is 5.11. The zero-order chi connectivity index (χ0) is 18.8. The topological polar surface area (TPSA) is 61.5 Å². The van der Waals surface area contributed by atoms with Gasteiger partial charge in [-0.3, -0.25) is 9.78 Å². The molecule has 0 spiro atoms. The maximum absolute atomic E-state index is 14.6. The largest absolute Gasteiger partial charge is 0.375 e. The normalized spacial score (nSPS) is 25.8. The molecule has 6 nitrogen and oxygen atoms in total. The Morgan fingerprint density at radius 2 is 2.11 bits per heavy atom. The Bertz CT molecular complexity index is 828. The molecule has 0 saturated carbocycles. The third-order valence-corrected chi connectivity index (χ3v) is 5.30. The Morgan fingerprint density at radius 3 is 2.89 bits per heavy atom. The molecule has 27 heavy (non-hydrogen) atoms. The van der Waals surface area contributed by atoms with Crippen LogP contribution in [0.4, 0.5) is 16.2 Å². The molecule has 2 aliphatic heterocycles. The number of benzene rings is 1. The second-order valence-corrected chi connectivity index (χ2v) is 7.31. The highest BCUT2D eigenvalue weighted by Crippen LogP contribution is 2.28. The van der Waals surface area contributed by atoms with Gasteiger partial charge in [0.15, 0.2) is 0 Å². The van der Waals surface area contributed by atoms with Gasteiger partial charge in [0.05, 0.1) is 18.8 Å². The number of aromatic amines is 1. The Morgan fingerprint density at radius 1 is 1.30 bits per heavy atom. The minimum absolute atomic E-state index is 0.0936. The molecule has 0 bridgehead atoms. The molecular weight excluding hydrogens is 347 g/mol. The number of rotatable bonds is 4. The van der Waals surface area contributed by atoms with Gasteiger partial charge in [0.25, 0.3) is 5.56 Å². The third kappa shape index (κ3) is 3.98. The maximum atomic E-state index is 14.6. The lowest BCUT2D eigenvalue weighted by atomic mass is 10.0. The number of aromatic nitrogens is 2. The van der Waals surface area contributed by atoms with Gasteiger partial charge in [-0.25, -0.2) is 4.39 Å². The maximum Gasteiger partial charge on any atom is 0.254 e. The van der Waals surface area contributed by atoms with Gasteiger partial charge in [0, 0.05) is 25.7 Å². The summed E-state index contributed by atoms with van der Waals surface area (Å²) in [5.41, 5.74) is 0.868. The molecule has 1 N–H and O–H groups in total. The average Bonchev–Trinajstić information content (AvgIpc) is 3.03. The molecule has 1 unspecified atom stereocenters. The molecule has 2 saturated heterocycles. The van der Waals surface area contributed by atoms with Gasteiger partial charge >= 0.3 is 0 Å². The summed E-state index contributed by atoms with van der Waals surface area (Å²) in [6.45, 7) is 4.54. The lowest BCUT2D eigenvalue weighted by molar-refractivity contribution is 0.0529. The van der Waals surface area contributed by atoms with E-state index in [1.54, 1.807) is 0 Å². The summed E-state index contributed by atoms with van der Waals surface area (Å²) in [6.07, 6.45) is 0.184. The summed E-state index contributed by atoms with van der Waals surface area (Å²) in [7, 11) is 0.